The maximum atomic E-state index is 10.9. The van der Waals surface area contributed by atoms with E-state index in [2.05, 4.69) is 9.97 Å². The lowest BCUT2D eigenvalue weighted by molar-refractivity contribution is 0.0690. The van der Waals surface area contributed by atoms with Crippen LogP contribution in [0.1, 0.15) is 22.6 Å². The average molecular weight is 239 g/mol. The Labute approximate surface area is 100 Å². The number of rotatable bonds is 6. The molecule has 1 aromatic heterocycles. The topological polar surface area (TPSA) is 75.5 Å². The summed E-state index contributed by atoms with van der Waals surface area (Å²) in [5, 5.41) is 8.90. The zero-order valence-corrected chi connectivity index (χ0v) is 10.3. The maximum absolute atomic E-state index is 10.9. The van der Waals surface area contributed by atoms with Gasteiger partial charge in [0.25, 0.3) is 0 Å². The molecule has 0 bridgehead atoms. The molecule has 0 spiro atoms. The molecule has 0 amide bonds. The van der Waals surface area contributed by atoms with Crippen LogP contribution in [-0.4, -0.2) is 48.4 Å². The highest BCUT2D eigenvalue weighted by Gasteiger charge is 2.11. The van der Waals surface area contributed by atoms with E-state index >= 15 is 0 Å². The molecular formula is C11H17N3O3. The highest BCUT2D eigenvalue weighted by atomic mass is 16.5. The molecule has 0 fully saturated rings. The molecule has 1 N–H and O–H groups in total. The lowest BCUT2D eigenvalue weighted by Gasteiger charge is -2.17. The molecule has 0 saturated carbocycles. The molecule has 0 saturated heterocycles. The van der Waals surface area contributed by atoms with Gasteiger partial charge in [-0.1, -0.05) is 0 Å². The molecule has 0 aliphatic heterocycles. The molecule has 0 radical (unpaired) electrons. The minimum Gasteiger partial charge on any atom is -0.477 e. The zero-order valence-electron chi connectivity index (χ0n) is 10.3. The van der Waals surface area contributed by atoms with Crippen molar-refractivity contribution >= 4 is 11.9 Å². The molecular weight excluding hydrogens is 222 g/mol. The van der Waals surface area contributed by atoms with Crippen LogP contribution in [0.2, 0.25) is 0 Å². The average Bonchev–Trinajstić information content (AvgIpc) is 2.28. The van der Waals surface area contributed by atoms with E-state index in [1.165, 1.54) is 6.07 Å². The van der Waals surface area contributed by atoms with E-state index < -0.39 is 5.97 Å². The van der Waals surface area contributed by atoms with Crippen LogP contribution in [0, 0.1) is 6.92 Å². The molecule has 94 valence electrons. The summed E-state index contributed by atoms with van der Waals surface area (Å²) < 4.78 is 4.95. The number of hydrogen-bond acceptors (Lipinski definition) is 5. The second-order valence-electron chi connectivity index (χ2n) is 3.77. The van der Waals surface area contributed by atoms with Crippen molar-refractivity contribution in [1.29, 1.82) is 0 Å². The Kier molecular flexibility index (Phi) is 4.84. The van der Waals surface area contributed by atoms with E-state index in [1.54, 1.807) is 14.0 Å². The number of carboxylic acids is 1. The summed E-state index contributed by atoms with van der Waals surface area (Å²) in [5.41, 5.74) is 0.664. The molecule has 6 nitrogen and oxygen atoms in total. The molecule has 0 atom stereocenters. The molecule has 1 aromatic rings. The van der Waals surface area contributed by atoms with Gasteiger partial charge >= 0.3 is 5.97 Å². The summed E-state index contributed by atoms with van der Waals surface area (Å²) in [6.07, 6.45) is 0.840. The fourth-order valence-electron chi connectivity index (χ4n) is 1.38. The number of nitrogens with zero attached hydrogens (tertiary/aromatic N) is 3. The summed E-state index contributed by atoms with van der Waals surface area (Å²) in [4.78, 5) is 20.9. The van der Waals surface area contributed by atoms with Crippen LogP contribution in [0.5, 0.6) is 0 Å². The van der Waals surface area contributed by atoms with Crippen molar-refractivity contribution in [1.82, 2.24) is 9.97 Å². The molecule has 0 aromatic carbocycles. The molecule has 1 heterocycles. The van der Waals surface area contributed by atoms with Crippen LogP contribution >= 0.6 is 0 Å². The first-order chi connectivity index (χ1) is 8.04. The van der Waals surface area contributed by atoms with Crippen molar-refractivity contribution in [3.8, 4) is 0 Å². The minimum absolute atomic E-state index is 0.0195. The number of carbonyl (C=O) groups is 1. The van der Waals surface area contributed by atoms with Gasteiger partial charge < -0.3 is 14.7 Å². The zero-order chi connectivity index (χ0) is 12.8. The van der Waals surface area contributed by atoms with Gasteiger partial charge in [-0.15, -0.1) is 0 Å². The van der Waals surface area contributed by atoms with Gasteiger partial charge in [-0.2, -0.15) is 0 Å². The first-order valence-electron chi connectivity index (χ1n) is 5.33. The van der Waals surface area contributed by atoms with Gasteiger partial charge in [-0.25, -0.2) is 14.8 Å². The Bertz CT molecular complexity index is 396. The van der Waals surface area contributed by atoms with E-state index in [0.717, 1.165) is 13.0 Å². The molecule has 17 heavy (non-hydrogen) atoms. The van der Waals surface area contributed by atoms with Crippen molar-refractivity contribution < 1.29 is 14.6 Å². The SMILES string of the molecule is COCCCN(C)c1nc(C)cc(C(=O)O)n1. The summed E-state index contributed by atoms with van der Waals surface area (Å²) in [5.74, 6) is -0.611. The predicted molar refractivity (Wildman–Crippen MR) is 63.5 cm³/mol. The quantitative estimate of drug-likeness (QED) is 0.745. The second-order valence-corrected chi connectivity index (χ2v) is 3.77. The van der Waals surface area contributed by atoms with Crippen LogP contribution in [0.15, 0.2) is 6.07 Å². The van der Waals surface area contributed by atoms with Gasteiger partial charge in [0.05, 0.1) is 0 Å². The van der Waals surface area contributed by atoms with E-state index in [-0.39, 0.29) is 5.69 Å². The molecule has 0 aliphatic rings. The number of aryl methyl sites for hydroxylation is 1. The largest absolute Gasteiger partial charge is 0.477 e. The fourth-order valence-corrected chi connectivity index (χ4v) is 1.38. The van der Waals surface area contributed by atoms with Crippen LogP contribution < -0.4 is 4.90 Å². The van der Waals surface area contributed by atoms with E-state index in [9.17, 15) is 4.79 Å². The standard InChI is InChI=1S/C11H17N3O3/c1-8-7-9(10(15)16)13-11(12-8)14(2)5-4-6-17-3/h7H,4-6H2,1-3H3,(H,15,16). The monoisotopic (exact) mass is 239 g/mol. The van der Waals surface area contributed by atoms with Crippen molar-refractivity contribution in [3.05, 3.63) is 17.5 Å². The van der Waals surface area contributed by atoms with Gasteiger partial charge in [0.1, 0.15) is 0 Å². The third kappa shape index (κ3) is 3.99. The number of anilines is 1. The van der Waals surface area contributed by atoms with Gasteiger partial charge in [0, 0.05) is 33.0 Å². The van der Waals surface area contributed by atoms with Crippen LogP contribution in [0.25, 0.3) is 0 Å². The van der Waals surface area contributed by atoms with E-state index in [1.807, 2.05) is 11.9 Å². The number of aromatic carboxylic acids is 1. The highest BCUT2D eigenvalue weighted by Crippen LogP contribution is 2.09. The Hall–Kier alpha value is -1.69. The molecule has 0 aliphatic carbocycles. The van der Waals surface area contributed by atoms with Gasteiger partial charge in [-0.3, -0.25) is 0 Å². The van der Waals surface area contributed by atoms with Crippen molar-refractivity contribution in [2.24, 2.45) is 0 Å². The summed E-state index contributed by atoms with van der Waals surface area (Å²) in [6, 6.07) is 1.45. The first-order valence-corrected chi connectivity index (χ1v) is 5.33. The van der Waals surface area contributed by atoms with Crippen molar-refractivity contribution in [3.63, 3.8) is 0 Å². The Morgan fingerprint density at radius 2 is 2.24 bits per heavy atom. The van der Waals surface area contributed by atoms with Crippen LogP contribution in [0.4, 0.5) is 5.95 Å². The lowest BCUT2D eigenvalue weighted by atomic mass is 10.3. The lowest BCUT2D eigenvalue weighted by Crippen LogP contribution is -2.23. The fraction of sp³-hybridized carbons (Fsp3) is 0.545. The van der Waals surface area contributed by atoms with Gasteiger partial charge in [0.15, 0.2) is 5.69 Å². The minimum atomic E-state index is -1.04. The maximum Gasteiger partial charge on any atom is 0.354 e. The first kappa shape index (κ1) is 13.4. The van der Waals surface area contributed by atoms with Crippen molar-refractivity contribution in [2.75, 3.05) is 32.2 Å². The number of aromatic nitrogens is 2. The smallest absolute Gasteiger partial charge is 0.354 e. The van der Waals surface area contributed by atoms with Gasteiger partial charge in [-0.05, 0) is 19.4 Å². The highest BCUT2D eigenvalue weighted by molar-refractivity contribution is 5.85. The Morgan fingerprint density at radius 1 is 1.53 bits per heavy atom. The molecule has 6 heteroatoms. The Balaban J connectivity index is 2.78. The molecule has 0 unspecified atom stereocenters. The van der Waals surface area contributed by atoms with Crippen LogP contribution in [0.3, 0.4) is 0 Å². The van der Waals surface area contributed by atoms with Crippen LogP contribution in [-0.2, 0) is 4.74 Å². The number of methoxy groups -OCH3 is 1. The summed E-state index contributed by atoms with van der Waals surface area (Å²) in [7, 11) is 3.47. The number of ether oxygens (including phenoxy) is 1. The molecule has 1 rings (SSSR count). The van der Waals surface area contributed by atoms with E-state index in [0.29, 0.717) is 18.2 Å². The predicted octanol–water partition coefficient (Wildman–Crippen LogP) is 0.956. The third-order valence-corrected chi connectivity index (χ3v) is 2.24. The summed E-state index contributed by atoms with van der Waals surface area (Å²) >= 11 is 0. The third-order valence-electron chi connectivity index (χ3n) is 2.24. The number of hydrogen-bond donors (Lipinski definition) is 1. The van der Waals surface area contributed by atoms with Crippen molar-refractivity contribution in [2.45, 2.75) is 13.3 Å². The second kappa shape index (κ2) is 6.15. The van der Waals surface area contributed by atoms with E-state index in [4.69, 9.17) is 9.84 Å². The normalized spacial score (nSPS) is 10.3. The summed E-state index contributed by atoms with van der Waals surface area (Å²) in [6.45, 7) is 3.12. The Morgan fingerprint density at radius 3 is 2.82 bits per heavy atom. The number of carboxylic acid groups (broad SMARTS) is 1. The van der Waals surface area contributed by atoms with Gasteiger partial charge in [0.2, 0.25) is 5.95 Å².